The van der Waals surface area contributed by atoms with Gasteiger partial charge >= 0.3 is 0 Å². The molecule has 1 heterocycles. The van der Waals surface area contributed by atoms with E-state index in [0.717, 1.165) is 11.1 Å². The molecule has 2 aromatic rings. The average molecular weight is 352 g/mol. The topological polar surface area (TPSA) is 39.2 Å². The summed E-state index contributed by atoms with van der Waals surface area (Å²) in [7, 11) is 1.58. The smallest absolute Gasteiger partial charge is 0.171 e. The molecular formula is C16H15BrFNO2. The van der Waals surface area contributed by atoms with Crippen LogP contribution in [-0.4, -0.2) is 17.9 Å². The number of aryl methyl sites for hydroxylation is 1. The fourth-order valence-corrected chi connectivity index (χ4v) is 2.57. The summed E-state index contributed by atoms with van der Waals surface area (Å²) in [5.74, 6) is -0.127. The number of aromatic nitrogens is 1. The van der Waals surface area contributed by atoms with Crippen molar-refractivity contribution in [1.82, 2.24) is 4.98 Å². The van der Waals surface area contributed by atoms with Gasteiger partial charge in [-0.25, -0.2) is 4.39 Å². The zero-order valence-corrected chi connectivity index (χ0v) is 13.6. The van der Waals surface area contributed by atoms with Gasteiger partial charge in [-0.3, -0.25) is 9.78 Å². The Morgan fingerprint density at radius 2 is 2.10 bits per heavy atom. The van der Waals surface area contributed by atoms with Gasteiger partial charge in [-0.1, -0.05) is 15.9 Å². The first-order valence-corrected chi connectivity index (χ1v) is 7.20. The van der Waals surface area contributed by atoms with Crippen LogP contribution in [0.3, 0.4) is 0 Å². The van der Waals surface area contributed by atoms with Crippen molar-refractivity contribution in [3.8, 4) is 5.75 Å². The molecule has 0 saturated heterocycles. The van der Waals surface area contributed by atoms with Crippen LogP contribution in [0.5, 0.6) is 5.75 Å². The van der Waals surface area contributed by atoms with E-state index in [-0.39, 0.29) is 17.8 Å². The summed E-state index contributed by atoms with van der Waals surface area (Å²) in [5, 5.41) is 0. The first-order chi connectivity index (χ1) is 9.93. The van der Waals surface area contributed by atoms with Crippen molar-refractivity contribution in [2.45, 2.75) is 20.3 Å². The second kappa shape index (κ2) is 6.35. The standard InChI is InChI=1S/C16H15BrFNO2/c1-9-8-19-14(10(2)16(9)21-3)7-15(20)12-6-11(17)4-5-13(12)18/h4-6,8H,7H2,1-3H3. The predicted octanol–water partition coefficient (Wildman–Crippen LogP) is 4.03. The summed E-state index contributed by atoms with van der Waals surface area (Å²) < 4.78 is 19.7. The molecule has 2 rings (SSSR count). The number of methoxy groups -OCH3 is 1. The summed E-state index contributed by atoms with van der Waals surface area (Å²) in [6, 6.07) is 4.32. The number of ether oxygens (including phenoxy) is 1. The molecule has 0 aliphatic carbocycles. The van der Waals surface area contributed by atoms with Crippen molar-refractivity contribution in [2.75, 3.05) is 7.11 Å². The third kappa shape index (κ3) is 3.29. The Bertz CT molecular complexity index is 701. The molecule has 0 aliphatic heterocycles. The van der Waals surface area contributed by atoms with Crippen molar-refractivity contribution in [2.24, 2.45) is 0 Å². The number of carbonyl (C=O) groups is 1. The Labute approximate surface area is 131 Å². The van der Waals surface area contributed by atoms with Crippen LogP contribution in [0.2, 0.25) is 0 Å². The molecule has 5 heteroatoms. The molecule has 21 heavy (non-hydrogen) atoms. The number of carbonyl (C=O) groups excluding carboxylic acids is 1. The second-order valence-electron chi connectivity index (χ2n) is 4.77. The minimum absolute atomic E-state index is 0.0375. The van der Waals surface area contributed by atoms with Gasteiger partial charge in [0.05, 0.1) is 24.8 Å². The number of rotatable bonds is 4. The minimum Gasteiger partial charge on any atom is -0.496 e. The van der Waals surface area contributed by atoms with Gasteiger partial charge in [0, 0.05) is 21.8 Å². The summed E-state index contributed by atoms with van der Waals surface area (Å²) in [6.45, 7) is 3.73. The number of Topliss-reactive ketones (excluding diaryl/α,β-unsaturated/α-hetero) is 1. The Balaban J connectivity index is 2.34. The van der Waals surface area contributed by atoms with E-state index < -0.39 is 5.82 Å². The maximum absolute atomic E-state index is 13.7. The van der Waals surface area contributed by atoms with Crippen molar-refractivity contribution in [3.05, 3.63) is 57.1 Å². The highest BCUT2D eigenvalue weighted by Crippen LogP contribution is 2.25. The lowest BCUT2D eigenvalue weighted by Crippen LogP contribution is -2.10. The third-order valence-electron chi connectivity index (χ3n) is 3.31. The molecule has 0 atom stereocenters. The maximum Gasteiger partial charge on any atom is 0.171 e. The van der Waals surface area contributed by atoms with E-state index in [0.29, 0.717) is 15.9 Å². The number of pyridine rings is 1. The van der Waals surface area contributed by atoms with Crippen LogP contribution >= 0.6 is 15.9 Å². The lowest BCUT2D eigenvalue weighted by atomic mass is 10.0. The van der Waals surface area contributed by atoms with E-state index in [1.807, 2.05) is 13.8 Å². The normalized spacial score (nSPS) is 10.5. The fourth-order valence-electron chi connectivity index (χ4n) is 2.21. The molecule has 0 N–H and O–H groups in total. The second-order valence-corrected chi connectivity index (χ2v) is 5.69. The van der Waals surface area contributed by atoms with Crippen LogP contribution in [0.15, 0.2) is 28.9 Å². The van der Waals surface area contributed by atoms with Crippen molar-refractivity contribution >= 4 is 21.7 Å². The molecular weight excluding hydrogens is 337 g/mol. The first-order valence-electron chi connectivity index (χ1n) is 6.41. The number of hydrogen-bond donors (Lipinski definition) is 0. The number of nitrogens with zero attached hydrogens (tertiary/aromatic N) is 1. The summed E-state index contributed by atoms with van der Waals surface area (Å²) >= 11 is 3.24. The zero-order chi connectivity index (χ0) is 15.6. The van der Waals surface area contributed by atoms with E-state index in [9.17, 15) is 9.18 Å². The van der Waals surface area contributed by atoms with Crippen LogP contribution in [0.1, 0.15) is 27.2 Å². The van der Waals surface area contributed by atoms with E-state index in [2.05, 4.69) is 20.9 Å². The van der Waals surface area contributed by atoms with Gasteiger partial charge in [0.1, 0.15) is 11.6 Å². The average Bonchev–Trinajstić information content (AvgIpc) is 2.45. The quantitative estimate of drug-likeness (QED) is 0.780. The van der Waals surface area contributed by atoms with E-state index >= 15 is 0 Å². The fraction of sp³-hybridized carbons (Fsp3) is 0.250. The van der Waals surface area contributed by atoms with Crippen LogP contribution in [0.4, 0.5) is 4.39 Å². The highest BCUT2D eigenvalue weighted by molar-refractivity contribution is 9.10. The van der Waals surface area contributed by atoms with Crippen LogP contribution < -0.4 is 4.74 Å². The summed E-state index contributed by atoms with van der Waals surface area (Å²) in [4.78, 5) is 16.6. The SMILES string of the molecule is COc1c(C)cnc(CC(=O)c2cc(Br)ccc2F)c1C. The molecule has 0 aliphatic rings. The maximum atomic E-state index is 13.7. The number of hydrogen-bond acceptors (Lipinski definition) is 3. The molecule has 3 nitrogen and oxygen atoms in total. The lowest BCUT2D eigenvalue weighted by molar-refractivity contribution is 0.0987. The first kappa shape index (κ1) is 15.6. The van der Waals surface area contributed by atoms with Gasteiger partial charge < -0.3 is 4.74 Å². The highest BCUT2D eigenvalue weighted by Gasteiger charge is 2.17. The molecule has 1 aromatic heterocycles. The van der Waals surface area contributed by atoms with Gasteiger partial charge in [-0.15, -0.1) is 0 Å². The number of benzene rings is 1. The van der Waals surface area contributed by atoms with E-state index in [1.54, 1.807) is 19.4 Å². The molecule has 0 bridgehead atoms. The van der Waals surface area contributed by atoms with Crippen LogP contribution in [0, 0.1) is 19.7 Å². The molecule has 0 spiro atoms. The Kier molecular flexibility index (Phi) is 4.73. The molecule has 110 valence electrons. The van der Waals surface area contributed by atoms with Gasteiger partial charge in [0.15, 0.2) is 5.78 Å². The van der Waals surface area contributed by atoms with Crippen LogP contribution in [0.25, 0.3) is 0 Å². The number of ketones is 1. The molecule has 0 unspecified atom stereocenters. The number of halogens is 2. The minimum atomic E-state index is -0.528. The molecule has 0 saturated carbocycles. The molecule has 1 aromatic carbocycles. The van der Waals surface area contributed by atoms with Gasteiger partial charge in [0.2, 0.25) is 0 Å². The summed E-state index contributed by atoms with van der Waals surface area (Å²) in [6.07, 6.45) is 1.70. The van der Waals surface area contributed by atoms with Crippen LogP contribution in [-0.2, 0) is 6.42 Å². The van der Waals surface area contributed by atoms with Crippen molar-refractivity contribution < 1.29 is 13.9 Å². The van der Waals surface area contributed by atoms with E-state index in [4.69, 9.17) is 4.74 Å². The van der Waals surface area contributed by atoms with Gasteiger partial charge in [0.25, 0.3) is 0 Å². The lowest BCUT2D eigenvalue weighted by Gasteiger charge is -2.12. The zero-order valence-electron chi connectivity index (χ0n) is 12.0. The summed E-state index contributed by atoms with van der Waals surface area (Å²) in [5.41, 5.74) is 2.37. The highest BCUT2D eigenvalue weighted by atomic mass is 79.9. The molecule has 0 radical (unpaired) electrons. The van der Waals surface area contributed by atoms with Crippen molar-refractivity contribution in [3.63, 3.8) is 0 Å². The van der Waals surface area contributed by atoms with E-state index in [1.165, 1.54) is 12.1 Å². The van der Waals surface area contributed by atoms with Gasteiger partial charge in [-0.05, 0) is 32.0 Å². The predicted molar refractivity (Wildman–Crippen MR) is 82.4 cm³/mol. The Morgan fingerprint density at radius 1 is 1.38 bits per heavy atom. The molecule has 0 fully saturated rings. The van der Waals surface area contributed by atoms with Crippen molar-refractivity contribution in [1.29, 1.82) is 0 Å². The monoisotopic (exact) mass is 351 g/mol. The molecule has 0 amide bonds. The largest absolute Gasteiger partial charge is 0.496 e. The Hall–Kier alpha value is -1.75. The van der Waals surface area contributed by atoms with Gasteiger partial charge in [-0.2, -0.15) is 0 Å². The third-order valence-corrected chi connectivity index (χ3v) is 3.80. The Morgan fingerprint density at radius 3 is 2.76 bits per heavy atom.